The molecule has 0 bridgehead atoms. The van der Waals surface area contributed by atoms with Crippen molar-refractivity contribution < 1.29 is 9.18 Å². The first-order chi connectivity index (χ1) is 8.58. The molecule has 1 aromatic rings. The van der Waals surface area contributed by atoms with Gasteiger partial charge in [0.25, 0.3) is 0 Å². The molecule has 0 aliphatic heterocycles. The lowest BCUT2D eigenvalue weighted by atomic mass is 10.2. The number of halogens is 2. The van der Waals surface area contributed by atoms with E-state index in [2.05, 4.69) is 15.9 Å². The molecule has 1 amide bonds. The first-order valence-electron chi connectivity index (χ1n) is 5.87. The lowest BCUT2D eigenvalue weighted by molar-refractivity contribution is -0.127. The average molecular weight is 334 g/mol. The van der Waals surface area contributed by atoms with Crippen LogP contribution in [-0.4, -0.2) is 29.6 Å². The molecule has 0 aromatic heterocycles. The second-order valence-corrected chi connectivity index (χ2v) is 5.63. The summed E-state index contributed by atoms with van der Waals surface area (Å²) in [6.07, 6.45) is 0. The Labute approximate surface area is 120 Å². The zero-order valence-corrected chi connectivity index (χ0v) is 13.0. The van der Waals surface area contributed by atoms with Gasteiger partial charge in [-0.2, -0.15) is 0 Å². The fourth-order valence-corrected chi connectivity index (χ4v) is 3.16. The summed E-state index contributed by atoms with van der Waals surface area (Å²) in [5.41, 5.74) is 1.01. The normalized spacial score (nSPS) is 10.4. The SMILES string of the molecule is CCN(CC)C(=O)CSCc1ccc(F)cc1Br. The van der Waals surface area contributed by atoms with Crippen LogP contribution in [0.5, 0.6) is 0 Å². The van der Waals surface area contributed by atoms with Crippen molar-refractivity contribution in [3.05, 3.63) is 34.1 Å². The minimum atomic E-state index is -0.255. The molecule has 0 N–H and O–H groups in total. The number of rotatable bonds is 6. The topological polar surface area (TPSA) is 20.3 Å². The van der Waals surface area contributed by atoms with Gasteiger partial charge in [0.15, 0.2) is 0 Å². The van der Waals surface area contributed by atoms with Gasteiger partial charge >= 0.3 is 0 Å². The first kappa shape index (κ1) is 15.5. The van der Waals surface area contributed by atoms with Gasteiger partial charge in [-0.25, -0.2) is 4.39 Å². The van der Waals surface area contributed by atoms with Crippen LogP contribution in [-0.2, 0) is 10.5 Å². The van der Waals surface area contributed by atoms with Gasteiger partial charge in [0.1, 0.15) is 5.82 Å². The molecule has 1 aromatic carbocycles. The summed E-state index contributed by atoms with van der Waals surface area (Å²) in [6.45, 7) is 5.44. The second kappa shape index (κ2) is 7.79. The van der Waals surface area contributed by atoms with E-state index in [9.17, 15) is 9.18 Å². The van der Waals surface area contributed by atoms with Crippen molar-refractivity contribution in [2.45, 2.75) is 19.6 Å². The summed E-state index contributed by atoms with van der Waals surface area (Å²) in [4.78, 5) is 13.6. The largest absolute Gasteiger partial charge is 0.343 e. The molecule has 18 heavy (non-hydrogen) atoms. The van der Waals surface area contributed by atoms with E-state index in [1.807, 2.05) is 18.7 Å². The maximum absolute atomic E-state index is 12.9. The van der Waals surface area contributed by atoms with Gasteiger partial charge < -0.3 is 4.90 Å². The van der Waals surface area contributed by atoms with Crippen LogP contribution in [0.25, 0.3) is 0 Å². The Bertz CT molecular complexity index is 410. The summed E-state index contributed by atoms with van der Waals surface area (Å²) in [5.74, 6) is 1.07. The van der Waals surface area contributed by atoms with Crippen molar-refractivity contribution in [3.8, 4) is 0 Å². The number of thioether (sulfide) groups is 1. The Morgan fingerprint density at radius 3 is 2.61 bits per heavy atom. The van der Waals surface area contributed by atoms with E-state index < -0.39 is 0 Å². The van der Waals surface area contributed by atoms with Gasteiger partial charge in [-0.3, -0.25) is 4.79 Å². The lowest BCUT2D eigenvalue weighted by Crippen LogP contribution is -2.31. The number of amides is 1. The molecule has 2 nitrogen and oxygen atoms in total. The zero-order valence-electron chi connectivity index (χ0n) is 10.6. The Morgan fingerprint density at radius 2 is 2.06 bits per heavy atom. The highest BCUT2D eigenvalue weighted by Gasteiger charge is 2.10. The Balaban J connectivity index is 2.44. The van der Waals surface area contributed by atoms with E-state index in [-0.39, 0.29) is 11.7 Å². The summed E-state index contributed by atoms with van der Waals surface area (Å²) in [6, 6.07) is 4.63. The van der Waals surface area contributed by atoms with Crippen LogP contribution in [0.15, 0.2) is 22.7 Å². The van der Waals surface area contributed by atoms with Crippen LogP contribution in [0.3, 0.4) is 0 Å². The van der Waals surface area contributed by atoms with E-state index in [0.717, 1.165) is 23.1 Å². The lowest BCUT2D eigenvalue weighted by Gasteiger charge is -2.18. The maximum Gasteiger partial charge on any atom is 0.232 e. The van der Waals surface area contributed by atoms with Crippen LogP contribution < -0.4 is 0 Å². The van der Waals surface area contributed by atoms with Gasteiger partial charge in [-0.05, 0) is 31.5 Å². The van der Waals surface area contributed by atoms with Gasteiger partial charge in [-0.1, -0.05) is 22.0 Å². The molecule has 0 fully saturated rings. The number of hydrogen-bond donors (Lipinski definition) is 0. The summed E-state index contributed by atoms with van der Waals surface area (Å²) >= 11 is 4.87. The summed E-state index contributed by atoms with van der Waals surface area (Å²) < 4.78 is 13.7. The standard InChI is InChI=1S/C13H17BrFNOS/c1-3-16(4-2)13(17)9-18-8-10-5-6-11(15)7-12(10)14/h5-7H,3-4,8-9H2,1-2H3. The number of nitrogens with zero attached hydrogens (tertiary/aromatic N) is 1. The molecule has 0 spiro atoms. The minimum Gasteiger partial charge on any atom is -0.343 e. The molecule has 0 saturated heterocycles. The van der Waals surface area contributed by atoms with Crippen LogP contribution >= 0.6 is 27.7 Å². The van der Waals surface area contributed by atoms with Gasteiger partial charge in [-0.15, -0.1) is 11.8 Å². The van der Waals surface area contributed by atoms with Crippen molar-refractivity contribution in [1.29, 1.82) is 0 Å². The molecule has 0 radical (unpaired) electrons. The van der Waals surface area contributed by atoms with E-state index in [1.165, 1.54) is 12.1 Å². The minimum absolute atomic E-state index is 0.156. The third-order valence-corrected chi connectivity index (χ3v) is 4.32. The van der Waals surface area contributed by atoms with Crippen molar-refractivity contribution in [1.82, 2.24) is 4.90 Å². The highest BCUT2D eigenvalue weighted by Crippen LogP contribution is 2.22. The quantitative estimate of drug-likeness (QED) is 0.791. The van der Waals surface area contributed by atoms with Gasteiger partial charge in [0.05, 0.1) is 5.75 Å². The predicted octanol–water partition coefficient (Wildman–Crippen LogP) is 3.69. The molecule has 100 valence electrons. The maximum atomic E-state index is 12.9. The molecule has 5 heteroatoms. The van der Waals surface area contributed by atoms with Gasteiger partial charge in [0, 0.05) is 23.3 Å². The molecule has 0 unspecified atom stereocenters. The molecule has 0 saturated carbocycles. The molecule has 0 aliphatic rings. The monoisotopic (exact) mass is 333 g/mol. The number of carbonyl (C=O) groups is 1. The predicted molar refractivity (Wildman–Crippen MR) is 78.2 cm³/mol. The van der Waals surface area contributed by atoms with Crippen LogP contribution in [0, 0.1) is 5.82 Å². The van der Waals surface area contributed by atoms with E-state index in [0.29, 0.717) is 11.5 Å². The van der Waals surface area contributed by atoms with Crippen LogP contribution in [0.4, 0.5) is 4.39 Å². The molecular formula is C13H17BrFNOS. The smallest absolute Gasteiger partial charge is 0.232 e. The van der Waals surface area contributed by atoms with E-state index in [4.69, 9.17) is 0 Å². The van der Waals surface area contributed by atoms with Crippen molar-refractivity contribution in [3.63, 3.8) is 0 Å². The summed E-state index contributed by atoms with van der Waals surface area (Å²) in [7, 11) is 0. The fraction of sp³-hybridized carbons (Fsp3) is 0.462. The highest BCUT2D eigenvalue weighted by molar-refractivity contribution is 9.10. The Hall–Kier alpha value is -0.550. The Kier molecular flexibility index (Phi) is 6.71. The van der Waals surface area contributed by atoms with E-state index >= 15 is 0 Å². The van der Waals surface area contributed by atoms with Gasteiger partial charge in [0.2, 0.25) is 5.91 Å². The van der Waals surface area contributed by atoms with Crippen LogP contribution in [0.2, 0.25) is 0 Å². The summed E-state index contributed by atoms with van der Waals surface area (Å²) in [5, 5.41) is 0. The molecule has 0 aliphatic carbocycles. The number of carbonyl (C=O) groups excluding carboxylic acids is 1. The highest BCUT2D eigenvalue weighted by atomic mass is 79.9. The van der Waals surface area contributed by atoms with E-state index in [1.54, 1.807) is 17.8 Å². The zero-order chi connectivity index (χ0) is 13.5. The average Bonchev–Trinajstić information content (AvgIpc) is 2.33. The number of hydrogen-bond acceptors (Lipinski definition) is 2. The number of benzene rings is 1. The molecule has 0 heterocycles. The molecule has 0 atom stereocenters. The molecule has 1 rings (SSSR count). The Morgan fingerprint density at radius 1 is 1.39 bits per heavy atom. The first-order valence-corrected chi connectivity index (χ1v) is 7.82. The third kappa shape index (κ3) is 4.61. The van der Waals surface area contributed by atoms with Crippen molar-refractivity contribution in [2.24, 2.45) is 0 Å². The second-order valence-electron chi connectivity index (χ2n) is 3.79. The third-order valence-electron chi connectivity index (χ3n) is 2.61. The van der Waals surface area contributed by atoms with Crippen molar-refractivity contribution >= 4 is 33.6 Å². The molecular weight excluding hydrogens is 317 g/mol. The fourth-order valence-electron chi connectivity index (χ4n) is 1.55. The van der Waals surface area contributed by atoms with Crippen LogP contribution in [0.1, 0.15) is 19.4 Å². The van der Waals surface area contributed by atoms with Crippen molar-refractivity contribution in [2.75, 3.05) is 18.8 Å².